The van der Waals surface area contributed by atoms with Gasteiger partial charge in [0, 0.05) is 26.8 Å². The Hall–Kier alpha value is -2.67. The number of esters is 1. The van der Waals surface area contributed by atoms with Crippen LogP contribution in [0.3, 0.4) is 0 Å². The molecule has 2 amide bonds. The van der Waals surface area contributed by atoms with Crippen LogP contribution in [0.5, 0.6) is 0 Å². The van der Waals surface area contributed by atoms with E-state index in [-0.39, 0.29) is 18.9 Å². The highest BCUT2D eigenvalue weighted by molar-refractivity contribution is 5.82. The van der Waals surface area contributed by atoms with Crippen molar-refractivity contribution in [3.8, 4) is 0 Å². The number of ether oxygens (including phenoxy) is 2. The van der Waals surface area contributed by atoms with Crippen LogP contribution in [0.25, 0.3) is 6.08 Å². The molecule has 0 aromatic heterocycles. The third-order valence-corrected chi connectivity index (χ3v) is 3.82. The molecule has 7 nitrogen and oxygen atoms in total. The number of hydrogen-bond donors (Lipinski definition) is 1. The molecule has 0 fully saturated rings. The molecule has 0 aliphatic carbocycles. The molecule has 1 aromatic carbocycles. The molecule has 0 radical (unpaired) electrons. The lowest BCUT2D eigenvalue weighted by Gasteiger charge is -2.32. The maximum atomic E-state index is 12.1. The van der Waals surface area contributed by atoms with Crippen molar-refractivity contribution in [3.05, 3.63) is 41.6 Å². The predicted molar refractivity (Wildman–Crippen MR) is 91.2 cm³/mol. The largest absolute Gasteiger partial charge is 0.456 e. The summed E-state index contributed by atoms with van der Waals surface area (Å²) in [7, 11) is 1.53. The van der Waals surface area contributed by atoms with Gasteiger partial charge < -0.3 is 19.7 Å². The van der Waals surface area contributed by atoms with Crippen LogP contribution in [0.4, 0.5) is 0 Å². The van der Waals surface area contributed by atoms with Crippen LogP contribution in [0.15, 0.2) is 30.5 Å². The van der Waals surface area contributed by atoms with Gasteiger partial charge in [0.05, 0.1) is 19.1 Å². The van der Waals surface area contributed by atoms with Crippen molar-refractivity contribution in [2.45, 2.75) is 19.4 Å². The molecule has 7 heteroatoms. The summed E-state index contributed by atoms with van der Waals surface area (Å²) in [5.41, 5.74) is 1.83. The van der Waals surface area contributed by atoms with Gasteiger partial charge >= 0.3 is 5.97 Å². The number of rotatable bonds is 7. The third-order valence-electron chi connectivity index (χ3n) is 3.82. The number of amides is 2. The Morgan fingerprint density at radius 3 is 2.72 bits per heavy atom. The van der Waals surface area contributed by atoms with E-state index in [0.717, 1.165) is 11.1 Å². The average molecular weight is 346 g/mol. The van der Waals surface area contributed by atoms with Crippen LogP contribution in [-0.2, 0) is 23.9 Å². The molecule has 1 heterocycles. The molecule has 1 aliphatic rings. The first kappa shape index (κ1) is 18.7. The minimum absolute atomic E-state index is 0.0215. The lowest BCUT2D eigenvalue weighted by Crippen LogP contribution is -2.34. The van der Waals surface area contributed by atoms with Gasteiger partial charge in [-0.3, -0.25) is 14.4 Å². The molecular formula is C18H22N2O5. The van der Waals surface area contributed by atoms with E-state index in [4.69, 9.17) is 9.47 Å². The van der Waals surface area contributed by atoms with E-state index in [9.17, 15) is 14.4 Å². The van der Waals surface area contributed by atoms with E-state index in [1.165, 1.54) is 18.9 Å². The standard InChI is InChI=1S/C18H22N2O5/c1-13(21)20-9-7-14-5-3-4-6-15(14)16(20)11-18(23)25-12-17(22)19-8-10-24-2/h3-7,9,16H,8,10-12H2,1-2H3,(H,19,22)/t16-/m0/s1. The first-order valence-electron chi connectivity index (χ1n) is 8.00. The number of hydrogen-bond acceptors (Lipinski definition) is 5. The molecule has 1 N–H and O–H groups in total. The van der Waals surface area contributed by atoms with Gasteiger partial charge in [0.1, 0.15) is 0 Å². The second kappa shape index (κ2) is 8.98. The van der Waals surface area contributed by atoms with Gasteiger partial charge in [-0.2, -0.15) is 0 Å². The van der Waals surface area contributed by atoms with Crippen LogP contribution < -0.4 is 5.32 Å². The Morgan fingerprint density at radius 1 is 1.24 bits per heavy atom. The Bertz CT molecular complexity index is 671. The SMILES string of the molecule is COCCNC(=O)COC(=O)C[C@H]1c2ccccc2C=CN1C(C)=O. The maximum Gasteiger partial charge on any atom is 0.308 e. The molecule has 1 aliphatic heterocycles. The number of carbonyl (C=O) groups excluding carboxylic acids is 3. The fourth-order valence-corrected chi connectivity index (χ4v) is 2.62. The summed E-state index contributed by atoms with van der Waals surface area (Å²) in [6.45, 7) is 1.83. The first-order valence-corrected chi connectivity index (χ1v) is 8.00. The highest BCUT2D eigenvalue weighted by Crippen LogP contribution is 2.32. The van der Waals surface area contributed by atoms with Gasteiger partial charge in [-0.05, 0) is 17.2 Å². The fourth-order valence-electron chi connectivity index (χ4n) is 2.62. The summed E-state index contributed by atoms with van der Waals surface area (Å²) in [4.78, 5) is 37.1. The van der Waals surface area contributed by atoms with Gasteiger partial charge in [-0.1, -0.05) is 24.3 Å². The van der Waals surface area contributed by atoms with E-state index < -0.39 is 17.9 Å². The molecule has 1 atom stereocenters. The summed E-state index contributed by atoms with van der Waals surface area (Å²) < 4.78 is 9.85. The zero-order valence-electron chi connectivity index (χ0n) is 14.4. The quantitative estimate of drug-likeness (QED) is 0.593. The van der Waals surface area contributed by atoms with E-state index in [0.29, 0.717) is 13.2 Å². The minimum Gasteiger partial charge on any atom is -0.456 e. The molecule has 134 valence electrons. The summed E-state index contributed by atoms with van der Waals surface area (Å²) >= 11 is 0. The van der Waals surface area contributed by atoms with Crippen LogP contribution in [0.2, 0.25) is 0 Å². The molecule has 0 spiro atoms. The van der Waals surface area contributed by atoms with Gasteiger partial charge in [0.2, 0.25) is 5.91 Å². The summed E-state index contributed by atoms with van der Waals surface area (Å²) in [5.74, 6) is -1.10. The molecule has 25 heavy (non-hydrogen) atoms. The van der Waals surface area contributed by atoms with E-state index in [1.807, 2.05) is 30.3 Å². The van der Waals surface area contributed by atoms with Gasteiger partial charge in [0.25, 0.3) is 5.91 Å². The Morgan fingerprint density at radius 2 is 2.00 bits per heavy atom. The lowest BCUT2D eigenvalue weighted by molar-refractivity contribution is -0.150. The Labute approximate surface area is 146 Å². The highest BCUT2D eigenvalue weighted by Gasteiger charge is 2.28. The number of fused-ring (bicyclic) bond motifs is 1. The number of nitrogens with one attached hydrogen (secondary N) is 1. The van der Waals surface area contributed by atoms with Crippen molar-refractivity contribution < 1.29 is 23.9 Å². The molecular weight excluding hydrogens is 324 g/mol. The number of benzene rings is 1. The maximum absolute atomic E-state index is 12.1. The molecule has 0 saturated heterocycles. The summed E-state index contributed by atoms with van der Waals surface area (Å²) in [6.07, 6.45) is 3.48. The fraction of sp³-hybridized carbons (Fsp3) is 0.389. The predicted octanol–water partition coefficient (Wildman–Crippen LogP) is 1.26. The molecule has 1 aromatic rings. The zero-order valence-corrected chi connectivity index (χ0v) is 14.4. The van der Waals surface area contributed by atoms with E-state index in [1.54, 1.807) is 6.20 Å². The number of carbonyl (C=O) groups is 3. The smallest absolute Gasteiger partial charge is 0.308 e. The normalized spacial score (nSPS) is 15.4. The summed E-state index contributed by atoms with van der Waals surface area (Å²) in [5, 5.41) is 2.57. The van der Waals surface area contributed by atoms with Crippen LogP contribution in [-0.4, -0.2) is 49.6 Å². The first-order chi connectivity index (χ1) is 12.0. The zero-order chi connectivity index (χ0) is 18.2. The molecule has 2 rings (SSSR count). The van der Waals surface area contributed by atoms with E-state index >= 15 is 0 Å². The van der Waals surface area contributed by atoms with Gasteiger partial charge in [-0.15, -0.1) is 0 Å². The monoisotopic (exact) mass is 346 g/mol. The summed E-state index contributed by atoms with van der Waals surface area (Å²) in [6, 6.07) is 7.11. The molecule has 0 saturated carbocycles. The van der Waals surface area contributed by atoms with Crippen molar-refractivity contribution in [1.82, 2.24) is 10.2 Å². The second-order valence-corrected chi connectivity index (χ2v) is 5.59. The highest BCUT2D eigenvalue weighted by atomic mass is 16.5. The van der Waals surface area contributed by atoms with Gasteiger partial charge in [-0.25, -0.2) is 0 Å². The minimum atomic E-state index is -0.539. The van der Waals surface area contributed by atoms with Crippen LogP contribution >= 0.6 is 0 Å². The van der Waals surface area contributed by atoms with Crippen molar-refractivity contribution in [3.63, 3.8) is 0 Å². The number of nitrogens with zero attached hydrogens (tertiary/aromatic N) is 1. The Balaban J connectivity index is 1.96. The van der Waals surface area contributed by atoms with Crippen molar-refractivity contribution in [2.24, 2.45) is 0 Å². The Kier molecular flexibility index (Phi) is 6.71. The average Bonchev–Trinajstić information content (AvgIpc) is 2.60. The van der Waals surface area contributed by atoms with Crippen molar-refractivity contribution in [1.29, 1.82) is 0 Å². The molecule has 0 bridgehead atoms. The van der Waals surface area contributed by atoms with Crippen LogP contribution in [0.1, 0.15) is 30.5 Å². The lowest BCUT2D eigenvalue weighted by atomic mass is 9.94. The third kappa shape index (κ3) is 5.15. The van der Waals surface area contributed by atoms with Crippen molar-refractivity contribution >= 4 is 23.9 Å². The second-order valence-electron chi connectivity index (χ2n) is 5.59. The van der Waals surface area contributed by atoms with E-state index in [2.05, 4.69) is 5.32 Å². The topological polar surface area (TPSA) is 84.9 Å². The van der Waals surface area contributed by atoms with Gasteiger partial charge in [0.15, 0.2) is 6.61 Å². The van der Waals surface area contributed by atoms with Crippen LogP contribution in [0, 0.1) is 0 Å². The molecule has 0 unspecified atom stereocenters. The van der Waals surface area contributed by atoms with Crippen molar-refractivity contribution in [2.75, 3.05) is 26.9 Å². The number of methoxy groups -OCH3 is 1.